The second-order valence-electron chi connectivity index (χ2n) is 7.03. The van der Waals surface area contributed by atoms with Gasteiger partial charge in [0.1, 0.15) is 6.26 Å². The lowest BCUT2D eigenvalue weighted by atomic mass is 9.90. The van der Waals surface area contributed by atoms with Gasteiger partial charge in [-0.15, -0.1) is 0 Å². The highest BCUT2D eigenvalue weighted by Crippen LogP contribution is 2.29. The van der Waals surface area contributed by atoms with Crippen LogP contribution in [0.1, 0.15) is 24.6 Å². The van der Waals surface area contributed by atoms with E-state index in [1.54, 1.807) is 18.1 Å². The molecule has 2 N–H and O–H groups in total. The minimum atomic E-state index is -0.862. The minimum absolute atomic E-state index is 0.232. The maximum atomic E-state index is 12.2. The highest BCUT2D eigenvalue weighted by molar-refractivity contribution is 5.79. The van der Waals surface area contributed by atoms with E-state index in [-0.39, 0.29) is 12.6 Å². The van der Waals surface area contributed by atoms with Crippen molar-refractivity contribution in [3.63, 3.8) is 0 Å². The molecular weight excluding hydrogens is 334 g/mol. The number of aryl methyl sites for hydroxylation is 1. The van der Waals surface area contributed by atoms with Crippen LogP contribution in [0.4, 0.5) is 4.79 Å². The minimum Gasteiger partial charge on any atom is -0.481 e. The molecule has 0 aliphatic carbocycles. The van der Waals surface area contributed by atoms with Crippen molar-refractivity contribution in [1.29, 1.82) is 0 Å². The van der Waals surface area contributed by atoms with Crippen LogP contribution in [0.2, 0.25) is 0 Å². The van der Waals surface area contributed by atoms with E-state index in [4.69, 9.17) is 4.42 Å². The number of aromatic nitrogens is 1. The number of oxazole rings is 1. The fourth-order valence-corrected chi connectivity index (χ4v) is 2.97. The van der Waals surface area contributed by atoms with Gasteiger partial charge in [-0.05, 0) is 32.4 Å². The second-order valence-corrected chi connectivity index (χ2v) is 7.03. The summed E-state index contributed by atoms with van der Waals surface area (Å²) in [5, 5.41) is 12.0. The fourth-order valence-electron chi connectivity index (χ4n) is 2.97. The van der Waals surface area contributed by atoms with Crippen LogP contribution in [0, 0.1) is 12.3 Å². The highest BCUT2D eigenvalue weighted by Gasteiger charge is 2.42. The number of carbonyl (C=O) groups is 2. The zero-order chi connectivity index (χ0) is 18.7. The quantitative estimate of drug-likeness (QED) is 0.858. The van der Waals surface area contributed by atoms with Gasteiger partial charge in [0, 0.05) is 31.6 Å². The molecule has 2 heterocycles. The Kier molecular flexibility index (Phi) is 4.97. The van der Waals surface area contributed by atoms with Gasteiger partial charge in [0.15, 0.2) is 0 Å². The van der Waals surface area contributed by atoms with Gasteiger partial charge in [-0.1, -0.05) is 17.7 Å². The summed E-state index contributed by atoms with van der Waals surface area (Å²) in [5.74, 6) is -0.304. The topological polar surface area (TPSA) is 95.7 Å². The van der Waals surface area contributed by atoms with Gasteiger partial charge in [-0.3, -0.25) is 4.79 Å². The Bertz CT molecular complexity index is 799. The molecule has 2 amide bonds. The van der Waals surface area contributed by atoms with Crippen molar-refractivity contribution >= 4 is 12.0 Å². The average molecular weight is 357 g/mol. The molecular formula is C19H23N3O4. The third-order valence-electron chi connectivity index (χ3n) is 4.78. The summed E-state index contributed by atoms with van der Waals surface area (Å²) in [6.07, 6.45) is 2.61. The molecule has 0 spiro atoms. The first kappa shape index (κ1) is 18.0. The molecule has 1 aliphatic rings. The van der Waals surface area contributed by atoms with E-state index in [9.17, 15) is 14.7 Å². The van der Waals surface area contributed by atoms with Crippen molar-refractivity contribution in [3.05, 3.63) is 41.8 Å². The Morgan fingerprint density at radius 1 is 1.35 bits per heavy atom. The molecule has 138 valence electrons. The largest absolute Gasteiger partial charge is 0.481 e. The number of amides is 2. The first-order valence-electron chi connectivity index (χ1n) is 8.65. The van der Waals surface area contributed by atoms with Gasteiger partial charge in [-0.2, -0.15) is 0 Å². The van der Waals surface area contributed by atoms with E-state index < -0.39 is 11.4 Å². The van der Waals surface area contributed by atoms with E-state index >= 15 is 0 Å². The molecule has 3 rings (SSSR count). The second kappa shape index (κ2) is 7.19. The molecule has 1 aliphatic heterocycles. The number of likely N-dealkylation sites (tertiary alicyclic amines) is 1. The number of carbonyl (C=O) groups excluding carboxylic acids is 1. The maximum absolute atomic E-state index is 12.2. The number of nitrogens with one attached hydrogen (secondary N) is 1. The van der Waals surface area contributed by atoms with Crippen LogP contribution in [-0.2, 0) is 11.2 Å². The molecule has 1 aromatic heterocycles. The summed E-state index contributed by atoms with van der Waals surface area (Å²) in [5.41, 5.74) is 1.99. The van der Waals surface area contributed by atoms with Crippen molar-refractivity contribution in [2.45, 2.75) is 26.7 Å². The Morgan fingerprint density at radius 2 is 2.08 bits per heavy atom. The summed E-state index contributed by atoms with van der Waals surface area (Å²) in [6, 6.07) is 7.68. The Labute approximate surface area is 152 Å². The summed E-state index contributed by atoms with van der Waals surface area (Å²) >= 11 is 0. The smallest absolute Gasteiger partial charge is 0.317 e. The van der Waals surface area contributed by atoms with Crippen LogP contribution >= 0.6 is 0 Å². The Morgan fingerprint density at radius 3 is 2.73 bits per heavy atom. The number of carboxylic acid groups (broad SMARTS) is 1. The summed E-state index contributed by atoms with van der Waals surface area (Å²) in [4.78, 5) is 29.4. The average Bonchev–Trinajstić information content (AvgIpc) is 3.23. The molecule has 0 saturated carbocycles. The number of benzene rings is 1. The fraction of sp³-hybridized carbons (Fsp3) is 0.421. The number of hydrogen-bond donors (Lipinski definition) is 2. The molecule has 0 bridgehead atoms. The molecule has 1 atom stereocenters. The van der Waals surface area contributed by atoms with E-state index in [1.165, 1.54) is 5.56 Å². The van der Waals surface area contributed by atoms with Gasteiger partial charge in [0.05, 0.1) is 11.1 Å². The van der Waals surface area contributed by atoms with Crippen molar-refractivity contribution < 1.29 is 19.1 Å². The normalized spacial score (nSPS) is 19.5. The lowest BCUT2D eigenvalue weighted by Crippen LogP contribution is -2.41. The number of urea groups is 1. The van der Waals surface area contributed by atoms with Gasteiger partial charge in [0.2, 0.25) is 5.89 Å². The third-order valence-corrected chi connectivity index (χ3v) is 4.78. The third kappa shape index (κ3) is 3.87. The molecule has 7 heteroatoms. The predicted molar refractivity (Wildman–Crippen MR) is 95.7 cm³/mol. The SMILES string of the molecule is Cc1ccc(-c2nc(CCNC(=O)N3CCC(C)(C(=O)O)C3)co2)cc1. The summed E-state index contributed by atoms with van der Waals surface area (Å²) < 4.78 is 5.50. The number of hydrogen-bond acceptors (Lipinski definition) is 4. The van der Waals surface area contributed by atoms with Gasteiger partial charge in [0.25, 0.3) is 0 Å². The lowest BCUT2D eigenvalue weighted by Gasteiger charge is -2.20. The van der Waals surface area contributed by atoms with Crippen LogP contribution < -0.4 is 5.32 Å². The van der Waals surface area contributed by atoms with Crippen molar-refractivity contribution in [1.82, 2.24) is 15.2 Å². The van der Waals surface area contributed by atoms with Crippen molar-refractivity contribution in [3.8, 4) is 11.5 Å². The standard InChI is InChI=1S/C19H23N3O4/c1-13-3-5-14(6-4-13)16-21-15(11-26-16)7-9-20-18(25)22-10-8-19(2,12-22)17(23)24/h3-6,11H,7-10,12H2,1-2H3,(H,20,25)(H,23,24). The molecule has 26 heavy (non-hydrogen) atoms. The molecule has 1 aromatic carbocycles. The summed E-state index contributed by atoms with van der Waals surface area (Å²) in [6.45, 7) is 4.79. The first-order valence-corrected chi connectivity index (χ1v) is 8.65. The monoisotopic (exact) mass is 357 g/mol. The van der Waals surface area contributed by atoms with E-state index in [2.05, 4.69) is 10.3 Å². The predicted octanol–water partition coefficient (Wildman–Crippen LogP) is 2.70. The molecule has 1 unspecified atom stereocenters. The van der Waals surface area contributed by atoms with E-state index in [1.807, 2.05) is 31.2 Å². The molecule has 2 aromatic rings. The van der Waals surface area contributed by atoms with Gasteiger partial charge >= 0.3 is 12.0 Å². The van der Waals surface area contributed by atoms with Gasteiger partial charge < -0.3 is 19.7 Å². The highest BCUT2D eigenvalue weighted by atomic mass is 16.4. The molecule has 1 saturated heterocycles. The van der Waals surface area contributed by atoms with E-state index in [0.717, 1.165) is 11.3 Å². The van der Waals surface area contributed by atoms with E-state index in [0.29, 0.717) is 31.8 Å². The number of carboxylic acids is 1. The van der Waals surface area contributed by atoms with Crippen molar-refractivity contribution in [2.24, 2.45) is 5.41 Å². The zero-order valence-corrected chi connectivity index (χ0v) is 15.0. The molecule has 1 fully saturated rings. The Balaban J connectivity index is 1.49. The first-order chi connectivity index (χ1) is 12.4. The van der Waals surface area contributed by atoms with Crippen LogP contribution in [0.5, 0.6) is 0 Å². The number of nitrogens with zero attached hydrogens (tertiary/aromatic N) is 2. The molecule has 7 nitrogen and oxygen atoms in total. The van der Waals surface area contributed by atoms with Crippen molar-refractivity contribution in [2.75, 3.05) is 19.6 Å². The zero-order valence-electron chi connectivity index (χ0n) is 15.0. The molecule has 0 radical (unpaired) electrons. The summed E-state index contributed by atoms with van der Waals surface area (Å²) in [7, 11) is 0. The van der Waals surface area contributed by atoms with Crippen LogP contribution in [0.25, 0.3) is 11.5 Å². The van der Waals surface area contributed by atoms with Crippen LogP contribution in [0.3, 0.4) is 0 Å². The van der Waals surface area contributed by atoms with Crippen LogP contribution in [-0.4, -0.2) is 46.6 Å². The van der Waals surface area contributed by atoms with Crippen LogP contribution in [0.15, 0.2) is 34.9 Å². The lowest BCUT2D eigenvalue weighted by molar-refractivity contribution is -0.147. The number of rotatable bonds is 5. The Hall–Kier alpha value is -2.83. The maximum Gasteiger partial charge on any atom is 0.317 e. The van der Waals surface area contributed by atoms with Gasteiger partial charge in [-0.25, -0.2) is 9.78 Å². The number of aliphatic carboxylic acids is 1.